The molecule has 0 heterocycles. The van der Waals surface area contributed by atoms with Crippen LogP contribution in [0.4, 0.5) is 0 Å². The van der Waals surface area contributed by atoms with Gasteiger partial charge in [0, 0.05) is 5.38 Å². The lowest BCUT2D eigenvalue weighted by Gasteiger charge is -2.05. The van der Waals surface area contributed by atoms with Crippen molar-refractivity contribution in [3.63, 3.8) is 0 Å². The number of aliphatic carboxylic acids is 1. The molecule has 0 amide bonds. The van der Waals surface area contributed by atoms with Crippen LogP contribution in [0, 0.1) is 0 Å². The predicted octanol–water partition coefficient (Wildman–Crippen LogP) is 0.416. The van der Waals surface area contributed by atoms with E-state index in [9.17, 15) is 4.79 Å². The monoisotopic (exact) mass is 151 g/mol. The zero-order valence-corrected chi connectivity index (χ0v) is 5.93. The molecule has 0 bridgehead atoms. The van der Waals surface area contributed by atoms with Crippen LogP contribution in [0.5, 0.6) is 0 Å². The smallest absolute Gasteiger partial charge is 0.320 e. The van der Waals surface area contributed by atoms with Crippen LogP contribution in [0.15, 0.2) is 0 Å². The van der Waals surface area contributed by atoms with Crippen LogP contribution in [-0.4, -0.2) is 22.5 Å². The summed E-state index contributed by atoms with van der Waals surface area (Å²) in [7, 11) is 0. The van der Waals surface area contributed by atoms with Gasteiger partial charge >= 0.3 is 5.97 Å². The summed E-state index contributed by atoms with van der Waals surface area (Å²) in [5, 5.41) is 8.08. The second-order valence-electron chi connectivity index (χ2n) is 1.96. The van der Waals surface area contributed by atoms with Crippen molar-refractivity contribution in [2.45, 2.75) is 24.8 Å². The van der Waals surface area contributed by atoms with E-state index in [2.05, 4.69) is 0 Å². The Morgan fingerprint density at radius 3 is 2.44 bits per heavy atom. The van der Waals surface area contributed by atoms with Gasteiger partial charge in [0.1, 0.15) is 6.04 Å². The third-order valence-corrected chi connectivity index (χ3v) is 1.07. The van der Waals surface area contributed by atoms with Gasteiger partial charge in [-0.15, -0.1) is 11.6 Å². The van der Waals surface area contributed by atoms with Gasteiger partial charge in [0.25, 0.3) is 0 Å². The maximum absolute atomic E-state index is 10.1. The number of hydrogen-bond acceptors (Lipinski definition) is 2. The highest BCUT2D eigenvalue weighted by molar-refractivity contribution is 6.20. The number of halogens is 1. The van der Waals surface area contributed by atoms with Crippen molar-refractivity contribution in [3.8, 4) is 0 Å². The van der Waals surface area contributed by atoms with Crippen LogP contribution < -0.4 is 5.73 Å². The van der Waals surface area contributed by atoms with Crippen LogP contribution in [0.1, 0.15) is 13.3 Å². The molecule has 0 aliphatic heterocycles. The minimum atomic E-state index is -0.998. The maximum Gasteiger partial charge on any atom is 0.320 e. The standard InChI is InChI=1S/C5H10ClNO2/c1-3(6)2-4(7)5(8)9/h3-4H,2,7H2,1H3,(H,8,9)/t3?,4-/m0/s1. The molecular formula is C5H10ClNO2. The van der Waals surface area contributed by atoms with Crippen molar-refractivity contribution in [3.05, 3.63) is 0 Å². The van der Waals surface area contributed by atoms with Gasteiger partial charge in [0.15, 0.2) is 0 Å². The van der Waals surface area contributed by atoms with Crippen molar-refractivity contribution < 1.29 is 9.90 Å². The van der Waals surface area contributed by atoms with Gasteiger partial charge in [-0.25, -0.2) is 0 Å². The minimum absolute atomic E-state index is 0.170. The van der Waals surface area contributed by atoms with Gasteiger partial charge in [0.05, 0.1) is 0 Å². The Kier molecular flexibility index (Phi) is 3.58. The van der Waals surface area contributed by atoms with E-state index >= 15 is 0 Å². The zero-order chi connectivity index (χ0) is 7.44. The fraction of sp³-hybridized carbons (Fsp3) is 0.800. The topological polar surface area (TPSA) is 63.3 Å². The van der Waals surface area contributed by atoms with Crippen LogP contribution in [0.2, 0.25) is 0 Å². The normalized spacial score (nSPS) is 16.8. The third-order valence-electron chi connectivity index (χ3n) is 0.896. The van der Waals surface area contributed by atoms with E-state index in [1.54, 1.807) is 6.92 Å². The van der Waals surface area contributed by atoms with Crippen LogP contribution in [0.3, 0.4) is 0 Å². The van der Waals surface area contributed by atoms with Crippen LogP contribution >= 0.6 is 11.6 Å². The third kappa shape index (κ3) is 4.24. The molecule has 0 aliphatic carbocycles. The van der Waals surface area contributed by atoms with Crippen molar-refractivity contribution in [1.82, 2.24) is 0 Å². The minimum Gasteiger partial charge on any atom is -0.480 e. The summed E-state index contributed by atoms with van der Waals surface area (Å²) in [5.74, 6) is -0.998. The Labute approximate surface area is 58.8 Å². The molecule has 0 radical (unpaired) electrons. The highest BCUT2D eigenvalue weighted by Crippen LogP contribution is 2.02. The molecule has 54 valence electrons. The van der Waals surface area contributed by atoms with Crippen LogP contribution in [-0.2, 0) is 4.79 Å². The quantitative estimate of drug-likeness (QED) is 0.575. The van der Waals surface area contributed by atoms with E-state index in [1.807, 2.05) is 0 Å². The van der Waals surface area contributed by atoms with E-state index < -0.39 is 12.0 Å². The summed E-state index contributed by atoms with van der Waals surface area (Å²) >= 11 is 5.47. The molecule has 3 nitrogen and oxygen atoms in total. The number of hydrogen-bond donors (Lipinski definition) is 2. The fourth-order valence-corrected chi connectivity index (χ4v) is 0.643. The molecule has 0 fully saturated rings. The van der Waals surface area contributed by atoms with Gasteiger partial charge in [-0.1, -0.05) is 0 Å². The molecule has 0 aromatic heterocycles. The fourth-order valence-electron chi connectivity index (χ4n) is 0.451. The number of alkyl halides is 1. The first kappa shape index (κ1) is 8.72. The summed E-state index contributed by atoms with van der Waals surface area (Å²) in [6.45, 7) is 1.71. The van der Waals surface area contributed by atoms with E-state index in [4.69, 9.17) is 22.4 Å². The molecule has 0 rings (SSSR count). The summed E-state index contributed by atoms with van der Waals surface area (Å²) in [5.41, 5.74) is 5.13. The molecule has 4 heteroatoms. The first-order valence-corrected chi connectivity index (χ1v) is 3.10. The van der Waals surface area contributed by atoms with Gasteiger partial charge in [0.2, 0.25) is 0 Å². The lowest BCUT2D eigenvalue weighted by atomic mass is 10.2. The lowest BCUT2D eigenvalue weighted by molar-refractivity contribution is -0.138. The van der Waals surface area contributed by atoms with Crippen LogP contribution in [0.25, 0.3) is 0 Å². The Bertz CT molecular complexity index is 105. The summed E-state index contributed by atoms with van der Waals surface area (Å²) in [6, 6.07) is -0.822. The van der Waals surface area contributed by atoms with Gasteiger partial charge in [-0.05, 0) is 13.3 Å². The lowest BCUT2D eigenvalue weighted by Crippen LogP contribution is -2.31. The summed E-state index contributed by atoms with van der Waals surface area (Å²) in [6.07, 6.45) is 0.316. The average molecular weight is 152 g/mol. The molecule has 9 heavy (non-hydrogen) atoms. The Balaban J connectivity index is 3.50. The van der Waals surface area contributed by atoms with E-state index in [0.29, 0.717) is 6.42 Å². The number of rotatable bonds is 3. The molecule has 0 spiro atoms. The van der Waals surface area contributed by atoms with E-state index in [1.165, 1.54) is 0 Å². The molecule has 0 aromatic rings. The second kappa shape index (κ2) is 3.69. The van der Waals surface area contributed by atoms with E-state index in [-0.39, 0.29) is 5.38 Å². The van der Waals surface area contributed by atoms with Crippen molar-refractivity contribution >= 4 is 17.6 Å². The highest BCUT2D eigenvalue weighted by atomic mass is 35.5. The Hall–Kier alpha value is -0.280. The number of carboxylic acids is 1. The largest absolute Gasteiger partial charge is 0.480 e. The predicted molar refractivity (Wildman–Crippen MR) is 35.5 cm³/mol. The Morgan fingerprint density at radius 2 is 2.33 bits per heavy atom. The SMILES string of the molecule is CC(Cl)C[C@H](N)C(=O)O. The Morgan fingerprint density at radius 1 is 1.89 bits per heavy atom. The molecular weight excluding hydrogens is 142 g/mol. The molecule has 3 N–H and O–H groups in total. The van der Waals surface area contributed by atoms with Gasteiger partial charge in [-0.3, -0.25) is 4.79 Å². The second-order valence-corrected chi connectivity index (χ2v) is 2.71. The molecule has 2 atom stereocenters. The zero-order valence-electron chi connectivity index (χ0n) is 5.17. The molecule has 0 saturated carbocycles. The summed E-state index contributed by atoms with van der Waals surface area (Å²) in [4.78, 5) is 10.1. The average Bonchev–Trinajstić information content (AvgIpc) is 1.63. The van der Waals surface area contributed by atoms with Gasteiger partial charge in [-0.2, -0.15) is 0 Å². The van der Waals surface area contributed by atoms with Crippen molar-refractivity contribution in [2.75, 3.05) is 0 Å². The first-order chi connectivity index (χ1) is 4.04. The highest BCUT2D eigenvalue weighted by Gasteiger charge is 2.13. The molecule has 1 unspecified atom stereocenters. The maximum atomic E-state index is 10.1. The van der Waals surface area contributed by atoms with E-state index in [0.717, 1.165) is 0 Å². The molecule has 0 aliphatic rings. The number of nitrogens with two attached hydrogens (primary N) is 1. The van der Waals surface area contributed by atoms with Crippen molar-refractivity contribution in [2.24, 2.45) is 5.73 Å². The van der Waals surface area contributed by atoms with Gasteiger partial charge < -0.3 is 10.8 Å². The first-order valence-electron chi connectivity index (χ1n) is 2.66. The number of carbonyl (C=O) groups is 1. The van der Waals surface area contributed by atoms with Crippen molar-refractivity contribution in [1.29, 1.82) is 0 Å². The number of carboxylic acid groups (broad SMARTS) is 1. The molecule has 0 aromatic carbocycles. The summed E-state index contributed by atoms with van der Waals surface area (Å²) < 4.78 is 0. The molecule has 0 saturated heterocycles.